The zero-order chi connectivity index (χ0) is 16.8. The lowest BCUT2D eigenvalue weighted by atomic mass is 10.1. The number of benzene rings is 1. The Morgan fingerprint density at radius 1 is 1.26 bits per heavy atom. The second kappa shape index (κ2) is 7.87. The van der Waals surface area contributed by atoms with E-state index in [1.807, 2.05) is 32.0 Å². The minimum atomic E-state index is -0.167. The average Bonchev–Trinajstić information content (AvgIpc) is 2.86. The molecule has 0 radical (unpaired) electrons. The Bertz CT molecular complexity index is 710. The molecule has 0 aliphatic heterocycles. The van der Waals surface area contributed by atoms with E-state index in [9.17, 15) is 9.59 Å². The van der Waals surface area contributed by atoms with Crippen LogP contribution in [0.3, 0.4) is 0 Å². The summed E-state index contributed by atoms with van der Waals surface area (Å²) in [5.41, 5.74) is 2.59. The van der Waals surface area contributed by atoms with Gasteiger partial charge in [-0.2, -0.15) is 0 Å². The summed E-state index contributed by atoms with van der Waals surface area (Å²) in [6.07, 6.45) is 1.13. The molecule has 5 nitrogen and oxygen atoms in total. The summed E-state index contributed by atoms with van der Waals surface area (Å²) >= 11 is 1.50. The molecular formula is C17H21N3O2S. The zero-order valence-corrected chi connectivity index (χ0v) is 14.4. The van der Waals surface area contributed by atoms with E-state index in [4.69, 9.17) is 0 Å². The molecule has 2 rings (SSSR count). The molecule has 1 heterocycles. The van der Waals surface area contributed by atoms with Gasteiger partial charge in [-0.25, -0.2) is 4.98 Å². The van der Waals surface area contributed by atoms with Crippen molar-refractivity contribution in [3.8, 4) is 0 Å². The minimum absolute atomic E-state index is 0.147. The zero-order valence-electron chi connectivity index (χ0n) is 13.6. The van der Waals surface area contributed by atoms with Crippen LogP contribution in [0.4, 0.5) is 5.13 Å². The number of hydrogen-bond donors (Lipinski definition) is 2. The number of carbonyl (C=O) groups excluding carboxylic acids is 2. The molecule has 0 fully saturated rings. The van der Waals surface area contributed by atoms with Crippen LogP contribution < -0.4 is 10.6 Å². The standard InChI is InChI=1S/C17H21N3O2S/c1-4-14-12(3)19-17(23-14)20-15(21)8-9-18-16(22)13-7-5-6-11(2)10-13/h5-7,10H,4,8-9H2,1-3H3,(H,18,22)(H,19,20,21). The number of carbonyl (C=O) groups is 2. The van der Waals surface area contributed by atoms with E-state index in [2.05, 4.69) is 22.5 Å². The van der Waals surface area contributed by atoms with Crippen molar-refractivity contribution in [2.24, 2.45) is 0 Å². The van der Waals surface area contributed by atoms with Crippen LogP contribution in [0.5, 0.6) is 0 Å². The van der Waals surface area contributed by atoms with Crippen LogP contribution >= 0.6 is 11.3 Å². The van der Waals surface area contributed by atoms with Crippen molar-refractivity contribution in [1.82, 2.24) is 10.3 Å². The number of thiazole rings is 1. The fourth-order valence-corrected chi connectivity index (χ4v) is 3.09. The van der Waals surface area contributed by atoms with E-state index in [1.165, 1.54) is 16.2 Å². The third-order valence-electron chi connectivity index (χ3n) is 3.38. The molecule has 23 heavy (non-hydrogen) atoms. The van der Waals surface area contributed by atoms with Crippen molar-refractivity contribution in [2.75, 3.05) is 11.9 Å². The first-order valence-electron chi connectivity index (χ1n) is 7.60. The molecule has 0 aliphatic rings. The van der Waals surface area contributed by atoms with Gasteiger partial charge in [0.05, 0.1) is 5.69 Å². The average molecular weight is 331 g/mol. The number of amides is 2. The summed E-state index contributed by atoms with van der Waals surface area (Å²) < 4.78 is 0. The third kappa shape index (κ3) is 4.89. The minimum Gasteiger partial charge on any atom is -0.352 e. The number of hydrogen-bond acceptors (Lipinski definition) is 4. The Morgan fingerprint density at radius 3 is 2.70 bits per heavy atom. The topological polar surface area (TPSA) is 71.1 Å². The lowest BCUT2D eigenvalue weighted by Crippen LogP contribution is -2.27. The predicted octanol–water partition coefficient (Wildman–Crippen LogP) is 3.08. The predicted molar refractivity (Wildman–Crippen MR) is 93.0 cm³/mol. The van der Waals surface area contributed by atoms with Gasteiger partial charge in [-0.1, -0.05) is 24.6 Å². The number of nitrogens with one attached hydrogen (secondary N) is 2. The van der Waals surface area contributed by atoms with E-state index < -0.39 is 0 Å². The van der Waals surface area contributed by atoms with E-state index in [-0.39, 0.29) is 18.2 Å². The summed E-state index contributed by atoms with van der Waals surface area (Å²) in [6.45, 7) is 6.23. The van der Waals surface area contributed by atoms with Crippen molar-refractivity contribution >= 4 is 28.3 Å². The molecule has 0 aliphatic carbocycles. The summed E-state index contributed by atoms with van der Waals surface area (Å²) in [5.74, 6) is -0.314. The van der Waals surface area contributed by atoms with Gasteiger partial charge in [-0.05, 0) is 32.4 Å². The van der Waals surface area contributed by atoms with Crippen molar-refractivity contribution in [3.05, 3.63) is 46.0 Å². The van der Waals surface area contributed by atoms with Gasteiger partial charge in [0.15, 0.2) is 5.13 Å². The quantitative estimate of drug-likeness (QED) is 0.854. The number of aromatic nitrogens is 1. The molecule has 2 N–H and O–H groups in total. The molecule has 0 atom stereocenters. The Hall–Kier alpha value is -2.21. The Balaban J connectivity index is 1.79. The van der Waals surface area contributed by atoms with Crippen molar-refractivity contribution in [3.63, 3.8) is 0 Å². The Kier molecular flexibility index (Phi) is 5.87. The van der Waals surface area contributed by atoms with Crippen LogP contribution in [-0.4, -0.2) is 23.3 Å². The van der Waals surface area contributed by atoms with Crippen molar-refractivity contribution in [1.29, 1.82) is 0 Å². The van der Waals surface area contributed by atoms with Crippen molar-refractivity contribution in [2.45, 2.75) is 33.6 Å². The van der Waals surface area contributed by atoms with Crippen LogP contribution in [-0.2, 0) is 11.2 Å². The van der Waals surface area contributed by atoms with Crippen LogP contribution in [0.15, 0.2) is 24.3 Å². The molecule has 0 saturated carbocycles. The fraction of sp³-hybridized carbons (Fsp3) is 0.353. The highest BCUT2D eigenvalue weighted by Crippen LogP contribution is 2.22. The lowest BCUT2D eigenvalue weighted by molar-refractivity contribution is -0.116. The monoisotopic (exact) mass is 331 g/mol. The van der Waals surface area contributed by atoms with Crippen LogP contribution in [0.25, 0.3) is 0 Å². The normalized spacial score (nSPS) is 10.4. The van der Waals surface area contributed by atoms with Gasteiger partial charge in [-0.3, -0.25) is 9.59 Å². The first-order chi connectivity index (χ1) is 11.0. The Morgan fingerprint density at radius 2 is 2.04 bits per heavy atom. The summed E-state index contributed by atoms with van der Waals surface area (Å²) in [7, 11) is 0. The van der Waals surface area contributed by atoms with Gasteiger partial charge in [0.1, 0.15) is 0 Å². The van der Waals surface area contributed by atoms with Crippen LogP contribution in [0, 0.1) is 13.8 Å². The highest BCUT2D eigenvalue weighted by atomic mass is 32.1. The number of nitrogens with zero attached hydrogens (tertiary/aromatic N) is 1. The SMILES string of the molecule is CCc1sc(NC(=O)CCNC(=O)c2cccc(C)c2)nc1C. The first kappa shape index (κ1) is 17.1. The molecule has 2 amide bonds. The summed E-state index contributed by atoms with van der Waals surface area (Å²) in [5, 5.41) is 6.15. The smallest absolute Gasteiger partial charge is 0.251 e. The maximum atomic E-state index is 12.0. The van der Waals surface area contributed by atoms with Gasteiger partial charge >= 0.3 is 0 Å². The number of rotatable bonds is 6. The first-order valence-corrected chi connectivity index (χ1v) is 8.42. The molecule has 1 aromatic carbocycles. The van der Waals surface area contributed by atoms with Gasteiger partial charge in [0, 0.05) is 23.4 Å². The molecule has 6 heteroatoms. The largest absolute Gasteiger partial charge is 0.352 e. The number of anilines is 1. The summed E-state index contributed by atoms with van der Waals surface area (Å²) in [6, 6.07) is 7.35. The van der Waals surface area contributed by atoms with Gasteiger partial charge in [0.25, 0.3) is 5.91 Å². The molecule has 0 spiro atoms. The van der Waals surface area contributed by atoms with E-state index in [1.54, 1.807) is 6.07 Å². The molecule has 1 aromatic heterocycles. The molecule has 122 valence electrons. The molecule has 0 unspecified atom stereocenters. The van der Waals surface area contributed by atoms with Gasteiger partial charge < -0.3 is 10.6 Å². The fourth-order valence-electron chi connectivity index (χ4n) is 2.17. The molecule has 2 aromatic rings. The van der Waals surface area contributed by atoms with E-state index >= 15 is 0 Å². The van der Waals surface area contributed by atoms with E-state index in [0.717, 1.165) is 17.7 Å². The van der Waals surface area contributed by atoms with Crippen LogP contribution in [0.2, 0.25) is 0 Å². The van der Waals surface area contributed by atoms with Gasteiger partial charge in [0.2, 0.25) is 5.91 Å². The maximum absolute atomic E-state index is 12.0. The highest BCUT2D eigenvalue weighted by molar-refractivity contribution is 7.15. The van der Waals surface area contributed by atoms with E-state index in [0.29, 0.717) is 17.2 Å². The molecule has 0 bridgehead atoms. The third-order valence-corrected chi connectivity index (χ3v) is 4.60. The number of aryl methyl sites for hydroxylation is 3. The van der Waals surface area contributed by atoms with Crippen LogP contribution in [0.1, 0.15) is 39.8 Å². The van der Waals surface area contributed by atoms with Gasteiger partial charge in [-0.15, -0.1) is 11.3 Å². The second-order valence-electron chi connectivity index (χ2n) is 5.30. The molecular weight excluding hydrogens is 310 g/mol. The van der Waals surface area contributed by atoms with Crippen molar-refractivity contribution < 1.29 is 9.59 Å². The second-order valence-corrected chi connectivity index (χ2v) is 6.39. The maximum Gasteiger partial charge on any atom is 0.251 e. The lowest BCUT2D eigenvalue weighted by Gasteiger charge is -2.06. The molecule has 0 saturated heterocycles. The summed E-state index contributed by atoms with van der Waals surface area (Å²) in [4.78, 5) is 29.4. The highest BCUT2D eigenvalue weighted by Gasteiger charge is 2.10. The Labute approximate surface area is 140 Å².